The van der Waals surface area contributed by atoms with Crippen LogP contribution in [0.2, 0.25) is 0 Å². The highest BCUT2D eigenvalue weighted by Crippen LogP contribution is 2.37. The number of anilines is 2. The van der Waals surface area contributed by atoms with Gasteiger partial charge in [-0.2, -0.15) is 0 Å². The zero-order valence-corrected chi connectivity index (χ0v) is 21.0. The van der Waals surface area contributed by atoms with Crippen LogP contribution in [0.25, 0.3) is 32.6 Å². The molecule has 0 fully saturated rings. The third-order valence-corrected chi connectivity index (χ3v) is 7.01. The van der Waals surface area contributed by atoms with Gasteiger partial charge in [-0.3, -0.25) is 4.79 Å². The maximum Gasteiger partial charge on any atom is 0.323 e. The van der Waals surface area contributed by atoms with Gasteiger partial charge in [-0.1, -0.05) is 48.5 Å². The lowest BCUT2D eigenvalue weighted by Gasteiger charge is -2.09. The number of aliphatic carboxylic acids is 1. The van der Waals surface area contributed by atoms with E-state index in [1.54, 1.807) is 41.9 Å². The normalized spacial score (nSPS) is 10.9. The number of fused-ring (bicyclic) bond motifs is 1. The molecule has 5 rings (SSSR count). The standard InChI is InChI=1S/C29H24N4O4S/c34-15-19-2-1-3-23(14-19)33-29(37)32-22-11-9-21(10-12-22)26-28-27(31-17-30-26)24(16-38-28)20-7-4-18(5-8-20)6-13-25(35)36/h1-5,7-12,14,16-17,34H,6,13,15H2,(H,35,36)(H2,32,33,37). The Labute approximate surface area is 222 Å². The largest absolute Gasteiger partial charge is 0.481 e. The Kier molecular flexibility index (Phi) is 7.39. The second kappa shape index (κ2) is 11.2. The first-order chi connectivity index (χ1) is 18.5. The number of amides is 2. The molecule has 0 bridgehead atoms. The van der Waals surface area contributed by atoms with E-state index in [0.29, 0.717) is 23.4 Å². The molecule has 190 valence electrons. The van der Waals surface area contributed by atoms with Crippen LogP contribution in [-0.2, 0) is 17.8 Å². The Morgan fingerprint density at radius 3 is 2.32 bits per heavy atom. The molecule has 9 heteroatoms. The molecule has 2 amide bonds. The lowest BCUT2D eigenvalue weighted by Crippen LogP contribution is -2.19. The fourth-order valence-electron chi connectivity index (χ4n) is 4.12. The smallest absolute Gasteiger partial charge is 0.323 e. The fourth-order valence-corrected chi connectivity index (χ4v) is 5.16. The van der Waals surface area contributed by atoms with Gasteiger partial charge < -0.3 is 20.8 Å². The topological polar surface area (TPSA) is 124 Å². The van der Waals surface area contributed by atoms with Gasteiger partial charge >= 0.3 is 12.0 Å². The molecular formula is C29H24N4O4S. The highest BCUT2D eigenvalue weighted by molar-refractivity contribution is 7.18. The van der Waals surface area contributed by atoms with Crippen LogP contribution in [0.15, 0.2) is 84.5 Å². The summed E-state index contributed by atoms with van der Waals surface area (Å²) in [4.78, 5) is 32.3. The number of carbonyl (C=O) groups excluding carboxylic acids is 1. The second-order valence-electron chi connectivity index (χ2n) is 8.66. The molecule has 2 aromatic heterocycles. The highest BCUT2D eigenvalue weighted by atomic mass is 32.1. The summed E-state index contributed by atoms with van der Waals surface area (Å²) < 4.78 is 0.958. The minimum absolute atomic E-state index is 0.0957. The summed E-state index contributed by atoms with van der Waals surface area (Å²) in [6.07, 6.45) is 2.15. The number of carboxylic acid groups (broad SMARTS) is 1. The molecule has 38 heavy (non-hydrogen) atoms. The Morgan fingerprint density at radius 2 is 1.58 bits per heavy atom. The molecule has 0 unspecified atom stereocenters. The van der Waals surface area contributed by atoms with E-state index in [1.165, 1.54) is 0 Å². The average molecular weight is 525 g/mol. The molecule has 3 aromatic carbocycles. The van der Waals surface area contributed by atoms with E-state index in [1.807, 2.05) is 48.5 Å². The quantitative estimate of drug-likeness (QED) is 0.192. The minimum atomic E-state index is -0.807. The Bertz CT molecular complexity index is 1600. The number of benzene rings is 3. The van der Waals surface area contributed by atoms with Crippen LogP contribution in [0.5, 0.6) is 0 Å². The Balaban J connectivity index is 1.32. The summed E-state index contributed by atoms with van der Waals surface area (Å²) in [5.74, 6) is -0.807. The number of urea groups is 1. The van der Waals surface area contributed by atoms with E-state index >= 15 is 0 Å². The Morgan fingerprint density at radius 1 is 0.842 bits per heavy atom. The van der Waals surface area contributed by atoms with Crippen molar-refractivity contribution in [2.24, 2.45) is 0 Å². The van der Waals surface area contributed by atoms with E-state index in [-0.39, 0.29) is 19.1 Å². The molecule has 0 aliphatic heterocycles. The lowest BCUT2D eigenvalue weighted by atomic mass is 10.0. The zero-order valence-electron chi connectivity index (χ0n) is 20.2. The summed E-state index contributed by atoms with van der Waals surface area (Å²) in [6.45, 7) is -0.0957. The number of carbonyl (C=O) groups is 2. The monoisotopic (exact) mass is 524 g/mol. The first-order valence-corrected chi connectivity index (χ1v) is 12.8. The van der Waals surface area contributed by atoms with Gasteiger partial charge in [0.05, 0.1) is 22.5 Å². The van der Waals surface area contributed by atoms with Crippen molar-refractivity contribution < 1.29 is 19.8 Å². The average Bonchev–Trinajstić information content (AvgIpc) is 3.37. The van der Waals surface area contributed by atoms with Crippen molar-refractivity contribution in [2.75, 3.05) is 10.6 Å². The molecule has 8 nitrogen and oxygen atoms in total. The van der Waals surface area contributed by atoms with Gasteiger partial charge in [-0.05, 0) is 47.4 Å². The van der Waals surface area contributed by atoms with Crippen molar-refractivity contribution in [3.63, 3.8) is 0 Å². The number of carboxylic acids is 1. The maximum atomic E-state index is 12.4. The summed E-state index contributed by atoms with van der Waals surface area (Å²) in [5, 5.41) is 25.8. The number of aliphatic hydroxyl groups excluding tert-OH is 1. The van der Waals surface area contributed by atoms with Crippen LogP contribution >= 0.6 is 11.3 Å². The second-order valence-corrected chi connectivity index (χ2v) is 9.53. The number of aryl methyl sites for hydroxylation is 1. The van der Waals surface area contributed by atoms with E-state index < -0.39 is 5.97 Å². The number of nitrogens with one attached hydrogen (secondary N) is 2. The van der Waals surface area contributed by atoms with E-state index in [4.69, 9.17) is 5.11 Å². The van der Waals surface area contributed by atoms with Crippen LogP contribution in [0, 0.1) is 0 Å². The van der Waals surface area contributed by atoms with Crippen LogP contribution < -0.4 is 10.6 Å². The van der Waals surface area contributed by atoms with Gasteiger partial charge in [0.15, 0.2) is 0 Å². The molecule has 0 spiro atoms. The molecule has 0 saturated heterocycles. The lowest BCUT2D eigenvalue weighted by molar-refractivity contribution is -0.136. The number of nitrogens with zero attached hydrogens (tertiary/aromatic N) is 2. The Hall–Kier alpha value is -4.60. The van der Waals surface area contributed by atoms with Gasteiger partial charge in [0.2, 0.25) is 0 Å². The van der Waals surface area contributed by atoms with Crippen molar-refractivity contribution in [2.45, 2.75) is 19.4 Å². The summed E-state index contributed by atoms with van der Waals surface area (Å²) >= 11 is 1.57. The maximum absolute atomic E-state index is 12.4. The van der Waals surface area contributed by atoms with Crippen molar-refractivity contribution in [3.8, 4) is 22.4 Å². The van der Waals surface area contributed by atoms with E-state index in [9.17, 15) is 14.7 Å². The molecule has 0 saturated carbocycles. The molecule has 2 heterocycles. The molecule has 0 atom stereocenters. The number of thiophene rings is 1. The van der Waals surface area contributed by atoms with Crippen LogP contribution in [0.1, 0.15) is 17.5 Å². The molecule has 0 aliphatic rings. The van der Waals surface area contributed by atoms with Gasteiger partial charge in [0.1, 0.15) is 6.33 Å². The van der Waals surface area contributed by atoms with Crippen molar-refractivity contribution in [1.29, 1.82) is 0 Å². The number of aromatic nitrogens is 2. The summed E-state index contributed by atoms with van der Waals surface area (Å²) in [6, 6.07) is 22.0. The number of hydrogen-bond donors (Lipinski definition) is 4. The zero-order chi connectivity index (χ0) is 26.5. The predicted octanol–water partition coefficient (Wildman–Crippen LogP) is 6.18. The van der Waals surface area contributed by atoms with Gasteiger partial charge in [-0.25, -0.2) is 14.8 Å². The third kappa shape index (κ3) is 5.69. The van der Waals surface area contributed by atoms with Crippen molar-refractivity contribution in [3.05, 3.63) is 95.6 Å². The van der Waals surface area contributed by atoms with Gasteiger partial charge in [0.25, 0.3) is 0 Å². The van der Waals surface area contributed by atoms with Crippen molar-refractivity contribution in [1.82, 2.24) is 9.97 Å². The first-order valence-electron chi connectivity index (χ1n) is 11.9. The summed E-state index contributed by atoms with van der Waals surface area (Å²) in [5.41, 5.74) is 7.48. The van der Waals surface area contributed by atoms with Gasteiger partial charge in [-0.15, -0.1) is 11.3 Å². The minimum Gasteiger partial charge on any atom is -0.481 e. The fraction of sp³-hybridized carbons (Fsp3) is 0.103. The SMILES string of the molecule is O=C(O)CCc1ccc(-c2csc3c(-c4ccc(NC(=O)Nc5cccc(CO)c5)cc4)ncnc23)cc1. The predicted molar refractivity (Wildman–Crippen MR) is 149 cm³/mol. The number of hydrogen-bond acceptors (Lipinski definition) is 6. The van der Waals surface area contributed by atoms with Crippen LogP contribution in [0.3, 0.4) is 0 Å². The first kappa shape index (κ1) is 25.1. The molecule has 4 N–H and O–H groups in total. The van der Waals surface area contributed by atoms with Crippen LogP contribution in [0.4, 0.5) is 16.2 Å². The molecule has 0 radical (unpaired) electrons. The molecule has 5 aromatic rings. The van der Waals surface area contributed by atoms with E-state index in [2.05, 4.69) is 26.0 Å². The molecular weight excluding hydrogens is 500 g/mol. The number of aliphatic hydroxyl groups is 1. The van der Waals surface area contributed by atoms with Gasteiger partial charge in [0, 0.05) is 34.3 Å². The third-order valence-electron chi connectivity index (χ3n) is 6.03. The van der Waals surface area contributed by atoms with Crippen LogP contribution in [-0.4, -0.2) is 32.2 Å². The summed E-state index contributed by atoms with van der Waals surface area (Å²) in [7, 11) is 0. The van der Waals surface area contributed by atoms with Crippen molar-refractivity contribution >= 4 is 44.9 Å². The van der Waals surface area contributed by atoms with E-state index in [0.717, 1.165) is 38.2 Å². The molecule has 0 aliphatic carbocycles. The highest BCUT2D eigenvalue weighted by Gasteiger charge is 2.14. The number of rotatable bonds is 8.